The molecule has 2 heterocycles. The van der Waals surface area contributed by atoms with Gasteiger partial charge in [0.1, 0.15) is 0 Å². The van der Waals surface area contributed by atoms with E-state index in [9.17, 15) is 14.7 Å². The SMILES string of the molecule is CC1CN(CC(O)CN2C(=O)CC3(CCCC3)C2=O)CC(C)O1. The Bertz CT molecular complexity index is 465. The summed E-state index contributed by atoms with van der Waals surface area (Å²) in [5.41, 5.74) is -0.446. The monoisotopic (exact) mass is 324 g/mol. The van der Waals surface area contributed by atoms with Crippen LogP contribution < -0.4 is 0 Å². The molecular weight excluding hydrogens is 296 g/mol. The van der Waals surface area contributed by atoms with E-state index in [1.54, 1.807) is 0 Å². The minimum atomic E-state index is -0.697. The Labute approximate surface area is 137 Å². The summed E-state index contributed by atoms with van der Waals surface area (Å²) in [6, 6.07) is 0. The number of rotatable bonds is 4. The van der Waals surface area contributed by atoms with Crippen LogP contribution in [-0.2, 0) is 14.3 Å². The second-order valence-corrected chi connectivity index (χ2v) is 7.60. The van der Waals surface area contributed by atoms with Crippen LogP contribution in [-0.4, -0.2) is 71.2 Å². The average molecular weight is 324 g/mol. The summed E-state index contributed by atoms with van der Waals surface area (Å²) in [6.07, 6.45) is 3.62. The number of amides is 2. The van der Waals surface area contributed by atoms with Crippen LogP contribution in [0.15, 0.2) is 0 Å². The Kier molecular flexibility index (Phi) is 4.76. The minimum Gasteiger partial charge on any atom is -0.390 e. The van der Waals surface area contributed by atoms with Crippen LogP contribution >= 0.6 is 0 Å². The number of carbonyl (C=O) groups is 2. The highest BCUT2D eigenvalue weighted by Crippen LogP contribution is 2.46. The van der Waals surface area contributed by atoms with Crippen molar-refractivity contribution >= 4 is 11.8 Å². The Morgan fingerprint density at radius 3 is 2.39 bits per heavy atom. The Morgan fingerprint density at radius 2 is 1.78 bits per heavy atom. The van der Waals surface area contributed by atoms with E-state index in [-0.39, 0.29) is 30.6 Å². The van der Waals surface area contributed by atoms with E-state index in [0.717, 1.165) is 38.8 Å². The van der Waals surface area contributed by atoms with Crippen LogP contribution in [0.5, 0.6) is 0 Å². The molecule has 23 heavy (non-hydrogen) atoms. The van der Waals surface area contributed by atoms with Crippen LogP contribution in [0, 0.1) is 5.41 Å². The molecule has 130 valence electrons. The predicted molar refractivity (Wildman–Crippen MR) is 84.7 cm³/mol. The second kappa shape index (κ2) is 6.49. The molecule has 1 saturated carbocycles. The molecule has 1 aliphatic carbocycles. The molecule has 0 aromatic rings. The molecule has 6 nitrogen and oxygen atoms in total. The van der Waals surface area contributed by atoms with Gasteiger partial charge in [-0.05, 0) is 26.7 Å². The van der Waals surface area contributed by atoms with Crippen molar-refractivity contribution in [3.05, 3.63) is 0 Å². The molecule has 3 rings (SSSR count). The molecule has 0 radical (unpaired) electrons. The quantitative estimate of drug-likeness (QED) is 0.774. The van der Waals surface area contributed by atoms with Crippen LogP contribution in [0.4, 0.5) is 0 Å². The highest BCUT2D eigenvalue weighted by Gasteiger charge is 2.52. The van der Waals surface area contributed by atoms with E-state index in [0.29, 0.717) is 13.0 Å². The number of carbonyl (C=O) groups excluding carboxylic acids is 2. The lowest BCUT2D eigenvalue weighted by molar-refractivity contribution is -0.143. The molecule has 2 amide bonds. The fourth-order valence-electron chi connectivity index (χ4n) is 4.49. The number of morpholine rings is 1. The first-order chi connectivity index (χ1) is 10.9. The normalized spacial score (nSPS) is 32.9. The second-order valence-electron chi connectivity index (χ2n) is 7.60. The molecule has 0 aromatic carbocycles. The van der Waals surface area contributed by atoms with Crippen molar-refractivity contribution in [1.82, 2.24) is 9.80 Å². The number of imide groups is 1. The summed E-state index contributed by atoms with van der Waals surface area (Å²) in [4.78, 5) is 28.3. The molecule has 3 fully saturated rings. The van der Waals surface area contributed by atoms with E-state index in [4.69, 9.17) is 4.74 Å². The third-order valence-corrected chi connectivity index (χ3v) is 5.41. The third kappa shape index (κ3) is 3.44. The van der Waals surface area contributed by atoms with Crippen LogP contribution in [0.25, 0.3) is 0 Å². The van der Waals surface area contributed by atoms with Gasteiger partial charge in [0.15, 0.2) is 0 Å². The number of β-amino-alcohol motifs (C(OH)–C–C–N with tert-alkyl or cyclic N) is 1. The molecule has 3 aliphatic rings. The molecule has 3 atom stereocenters. The topological polar surface area (TPSA) is 70.1 Å². The summed E-state index contributed by atoms with van der Waals surface area (Å²) < 4.78 is 5.69. The smallest absolute Gasteiger partial charge is 0.235 e. The zero-order chi connectivity index (χ0) is 16.6. The third-order valence-electron chi connectivity index (χ3n) is 5.41. The summed E-state index contributed by atoms with van der Waals surface area (Å²) >= 11 is 0. The van der Waals surface area contributed by atoms with Crippen molar-refractivity contribution < 1.29 is 19.4 Å². The molecular formula is C17H28N2O4. The molecule has 1 spiro atoms. The van der Waals surface area contributed by atoms with Gasteiger partial charge in [0.2, 0.25) is 11.8 Å². The standard InChI is InChI=1S/C17H28N2O4/c1-12-8-18(9-13(2)23-12)10-14(20)11-19-15(21)7-17(16(19)22)5-3-4-6-17/h12-14,20H,3-11H2,1-2H3. The molecule has 2 saturated heterocycles. The van der Waals surface area contributed by atoms with Gasteiger partial charge in [-0.25, -0.2) is 0 Å². The van der Waals surface area contributed by atoms with Gasteiger partial charge in [-0.2, -0.15) is 0 Å². The Morgan fingerprint density at radius 1 is 1.17 bits per heavy atom. The van der Waals surface area contributed by atoms with Crippen LogP contribution in [0.2, 0.25) is 0 Å². The van der Waals surface area contributed by atoms with Crippen LogP contribution in [0.1, 0.15) is 46.0 Å². The van der Waals surface area contributed by atoms with Gasteiger partial charge in [0.05, 0.1) is 30.3 Å². The van der Waals surface area contributed by atoms with Crippen molar-refractivity contribution in [3.63, 3.8) is 0 Å². The van der Waals surface area contributed by atoms with Crippen LogP contribution in [0.3, 0.4) is 0 Å². The predicted octanol–water partition coefficient (Wildman–Crippen LogP) is 0.776. The summed E-state index contributed by atoms with van der Waals surface area (Å²) in [7, 11) is 0. The van der Waals surface area contributed by atoms with E-state index >= 15 is 0 Å². The van der Waals surface area contributed by atoms with Gasteiger partial charge in [0, 0.05) is 26.1 Å². The zero-order valence-electron chi connectivity index (χ0n) is 14.2. The molecule has 1 N–H and O–H groups in total. The van der Waals surface area contributed by atoms with Gasteiger partial charge in [0.25, 0.3) is 0 Å². The van der Waals surface area contributed by atoms with Crippen molar-refractivity contribution in [1.29, 1.82) is 0 Å². The number of aliphatic hydroxyl groups is 1. The van der Waals surface area contributed by atoms with Gasteiger partial charge in [-0.3, -0.25) is 19.4 Å². The fourth-order valence-corrected chi connectivity index (χ4v) is 4.49. The molecule has 6 heteroatoms. The zero-order valence-corrected chi connectivity index (χ0v) is 14.2. The minimum absolute atomic E-state index is 0.0530. The Hall–Kier alpha value is -0.980. The van der Waals surface area contributed by atoms with Gasteiger partial charge < -0.3 is 9.84 Å². The largest absolute Gasteiger partial charge is 0.390 e. The number of likely N-dealkylation sites (tertiary alicyclic amines) is 1. The number of hydrogen-bond acceptors (Lipinski definition) is 5. The first kappa shape index (κ1) is 16.9. The van der Waals surface area contributed by atoms with Crippen molar-refractivity contribution in [2.45, 2.75) is 64.3 Å². The highest BCUT2D eigenvalue weighted by molar-refractivity contribution is 6.06. The van der Waals surface area contributed by atoms with Gasteiger partial charge in [-0.1, -0.05) is 12.8 Å². The molecule has 3 unspecified atom stereocenters. The first-order valence-corrected chi connectivity index (χ1v) is 8.80. The lowest BCUT2D eigenvalue weighted by atomic mass is 9.84. The average Bonchev–Trinajstić information content (AvgIpc) is 2.99. The molecule has 0 aromatic heterocycles. The summed E-state index contributed by atoms with van der Waals surface area (Å²) in [5, 5.41) is 10.4. The summed E-state index contributed by atoms with van der Waals surface area (Å²) in [6.45, 7) is 6.18. The fraction of sp³-hybridized carbons (Fsp3) is 0.882. The highest BCUT2D eigenvalue weighted by atomic mass is 16.5. The van der Waals surface area contributed by atoms with E-state index < -0.39 is 11.5 Å². The van der Waals surface area contributed by atoms with E-state index in [1.165, 1.54) is 4.90 Å². The Balaban J connectivity index is 1.56. The van der Waals surface area contributed by atoms with E-state index in [2.05, 4.69) is 4.90 Å². The van der Waals surface area contributed by atoms with Crippen molar-refractivity contribution in [3.8, 4) is 0 Å². The number of ether oxygens (including phenoxy) is 1. The number of aliphatic hydroxyl groups excluding tert-OH is 1. The maximum atomic E-state index is 12.6. The first-order valence-electron chi connectivity index (χ1n) is 8.80. The van der Waals surface area contributed by atoms with Gasteiger partial charge in [-0.15, -0.1) is 0 Å². The number of hydrogen-bond donors (Lipinski definition) is 1. The lowest BCUT2D eigenvalue weighted by Gasteiger charge is -2.36. The van der Waals surface area contributed by atoms with Gasteiger partial charge >= 0.3 is 0 Å². The maximum Gasteiger partial charge on any atom is 0.235 e. The van der Waals surface area contributed by atoms with Crippen molar-refractivity contribution in [2.75, 3.05) is 26.2 Å². The maximum absolute atomic E-state index is 12.6. The summed E-state index contributed by atoms with van der Waals surface area (Å²) in [5.74, 6) is -0.164. The lowest BCUT2D eigenvalue weighted by Crippen LogP contribution is -2.50. The number of nitrogens with zero attached hydrogens (tertiary/aromatic N) is 2. The van der Waals surface area contributed by atoms with Crippen molar-refractivity contribution in [2.24, 2.45) is 5.41 Å². The molecule has 0 bridgehead atoms. The van der Waals surface area contributed by atoms with E-state index in [1.807, 2.05) is 13.8 Å². The molecule has 2 aliphatic heterocycles.